The van der Waals surface area contributed by atoms with Crippen LogP contribution < -0.4 is 0 Å². The van der Waals surface area contributed by atoms with E-state index in [4.69, 9.17) is 0 Å². The molecule has 1 atom stereocenters. The van der Waals surface area contributed by atoms with Gasteiger partial charge in [-0.15, -0.1) is 10.2 Å². The second-order valence-electron chi connectivity index (χ2n) is 9.66. The fourth-order valence-electron chi connectivity index (χ4n) is 4.78. The number of hydrogen-bond donors (Lipinski definition) is 0. The van der Waals surface area contributed by atoms with Gasteiger partial charge in [0.25, 0.3) is 0 Å². The number of piperazine rings is 1. The highest BCUT2D eigenvalue weighted by Gasteiger charge is 2.29. The van der Waals surface area contributed by atoms with Gasteiger partial charge in [0.2, 0.25) is 11.8 Å². The van der Waals surface area contributed by atoms with E-state index in [-0.39, 0.29) is 17.9 Å². The van der Waals surface area contributed by atoms with Crippen molar-refractivity contribution in [3.8, 4) is 11.4 Å². The normalized spacial score (nSPS) is 15.9. The van der Waals surface area contributed by atoms with Gasteiger partial charge in [-0.1, -0.05) is 81.1 Å². The topological polar surface area (TPSA) is 71.3 Å². The zero-order chi connectivity index (χ0) is 25.8. The van der Waals surface area contributed by atoms with Crippen molar-refractivity contribution in [2.24, 2.45) is 0 Å². The molecule has 1 unspecified atom stereocenters. The Labute approximate surface area is 221 Å². The first-order valence-corrected chi connectivity index (χ1v) is 14.7. The molecule has 36 heavy (non-hydrogen) atoms. The number of aromatic nitrogens is 3. The Morgan fingerprint density at radius 3 is 2.36 bits per heavy atom. The van der Waals surface area contributed by atoms with Gasteiger partial charge < -0.3 is 14.4 Å². The first-order valence-electron chi connectivity index (χ1n) is 13.7. The minimum atomic E-state index is 0.0872. The van der Waals surface area contributed by atoms with Crippen molar-refractivity contribution in [3.63, 3.8) is 0 Å². The smallest absolute Gasteiger partial charge is 0.222 e. The number of carbonyl (C=O) groups excluding carboxylic acids is 2. The summed E-state index contributed by atoms with van der Waals surface area (Å²) in [5, 5.41) is 9.68. The van der Waals surface area contributed by atoms with Crippen LogP contribution in [-0.4, -0.2) is 67.8 Å². The molecule has 2 aromatic rings. The second-order valence-corrected chi connectivity index (χ2v) is 10.7. The van der Waals surface area contributed by atoms with E-state index in [1.54, 1.807) is 11.8 Å². The Hall–Kier alpha value is -2.35. The van der Waals surface area contributed by atoms with Crippen molar-refractivity contribution in [1.29, 1.82) is 0 Å². The van der Waals surface area contributed by atoms with Gasteiger partial charge in [-0.2, -0.15) is 0 Å². The minimum Gasteiger partial charge on any atom is -0.339 e. The van der Waals surface area contributed by atoms with Gasteiger partial charge in [0.1, 0.15) is 0 Å². The van der Waals surface area contributed by atoms with Crippen LogP contribution in [0.4, 0.5) is 0 Å². The molecule has 0 saturated carbocycles. The van der Waals surface area contributed by atoms with Crippen molar-refractivity contribution in [2.75, 3.05) is 25.4 Å². The summed E-state index contributed by atoms with van der Waals surface area (Å²) in [4.78, 5) is 29.4. The first-order chi connectivity index (χ1) is 17.5. The average Bonchev–Trinajstić information content (AvgIpc) is 3.31. The van der Waals surface area contributed by atoms with E-state index in [9.17, 15) is 9.59 Å². The highest BCUT2D eigenvalue weighted by Crippen LogP contribution is 2.24. The molecule has 2 amide bonds. The fourth-order valence-corrected chi connectivity index (χ4v) is 5.72. The van der Waals surface area contributed by atoms with Crippen LogP contribution in [0.1, 0.15) is 78.6 Å². The van der Waals surface area contributed by atoms with Gasteiger partial charge in [0.15, 0.2) is 11.0 Å². The maximum atomic E-state index is 12.8. The van der Waals surface area contributed by atoms with Gasteiger partial charge in [0.05, 0.1) is 0 Å². The van der Waals surface area contributed by atoms with E-state index in [1.165, 1.54) is 25.7 Å². The number of hydrogen-bond acceptors (Lipinski definition) is 5. The third-order valence-electron chi connectivity index (χ3n) is 6.88. The first kappa shape index (κ1) is 28.2. The zero-order valence-electron chi connectivity index (χ0n) is 22.3. The lowest BCUT2D eigenvalue weighted by atomic mass is 10.1. The molecule has 1 aromatic heterocycles. The summed E-state index contributed by atoms with van der Waals surface area (Å²) >= 11 is 1.66. The number of carbonyl (C=O) groups is 2. The number of unbranched alkanes of at least 4 members (excludes halogenated alkanes) is 5. The molecule has 0 bridgehead atoms. The molecule has 198 valence electrons. The maximum Gasteiger partial charge on any atom is 0.222 e. The van der Waals surface area contributed by atoms with Gasteiger partial charge in [-0.3, -0.25) is 9.59 Å². The SMILES string of the molecule is CCCCCCCCC(=O)N1CCN(C(=O)CCCSc2nnc(-c3ccccc3)n2CC)CC1C. The lowest BCUT2D eigenvalue weighted by molar-refractivity contribution is -0.142. The van der Waals surface area contributed by atoms with Gasteiger partial charge >= 0.3 is 0 Å². The minimum absolute atomic E-state index is 0.0872. The van der Waals surface area contributed by atoms with Crippen LogP contribution in [0.5, 0.6) is 0 Å². The monoisotopic (exact) mass is 513 g/mol. The quantitative estimate of drug-likeness (QED) is 0.241. The molecule has 3 rings (SSSR count). The number of benzene rings is 1. The van der Waals surface area contributed by atoms with Crippen molar-refractivity contribution in [3.05, 3.63) is 30.3 Å². The summed E-state index contributed by atoms with van der Waals surface area (Å²) in [6.45, 7) is 9.12. The van der Waals surface area contributed by atoms with Gasteiger partial charge in [-0.25, -0.2) is 0 Å². The zero-order valence-corrected chi connectivity index (χ0v) is 23.1. The standard InChI is InChI=1S/C28H43N5O2S/c1-4-6-7-8-9-13-17-26(35)33-20-19-31(22-23(33)3)25(34)18-14-21-36-28-30-29-27(32(28)5-2)24-15-11-10-12-16-24/h10-12,15-16,23H,4-9,13-14,17-22H2,1-3H3. The molecular formula is C28H43N5O2S. The largest absolute Gasteiger partial charge is 0.339 e. The molecule has 0 N–H and O–H groups in total. The van der Waals surface area contributed by atoms with E-state index < -0.39 is 0 Å². The number of rotatable bonds is 14. The third-order valence-corrected chi connectivity index (χ3v) is 7.93. The molecule has 0 aliphatic carbocycles. The van der Waals surface area contributed by atoms with Crippen LogP contribution in [0.25, 0.3) is 11.4 Å². The van der Waals surface area contributed by atoms with Crippen molar-refractivity contribution < 1.29 is 9.59 Å². The van der Waals surface area contributed by atoms with E-state index in [0.29, 0.717) is 32.5 Å². The van der Waals surface area contributed by atoms with Gasteiger partial charge in [0, 0.05) is 56.4 Å². The molecule has 1 fully saturated rings. The summed E-state index contributed by atoms with van der Waals surface area (Å²) < 4.78 is 2.13. The summed E-state index contributed by atoms with van der Waals surface area (Å²) in [6.07, 6.45) is 9.10. The lowest BCUT2D eigenvalue weighted by Gasteiger charge is -2.40. The van der Waals surface area contributed by atoms with Crippen LogP contribution in [0.2, 0.25) is 0 Å². The fraction of sp³-hybridized carbons (Fsp3) is 0.643. The summed E-state index contributed by atoms with van der Waals surface area (Å²) in [6, 6.07) is 10.2. The number of thioether (sulfide) groups is 1. The molecule has 1 aliphatic rings. The summed E-state index contributed by atoms with van der Waals surface area (Å²) in [5.74, 6) is 2.14. The van der Waals surface area contributed by atoms with Crippen LogP contribution in [0, 0.1) is 0 Å². The van der Waals surface area contributed by atoms with Crippen LogP contribution in [-0.2, 0) is 16.1 Å². The maximum absolute atomic E-state index is 12.8. The van der Waals surface area contributed by atoms with Crippen molar-refractivity contribution in [2.45, 2.75) is 96.3 Å². The molecule has 1 saturated heterocycles. The molecule has 1 aliphatic heterocycles. The van der Waals surface area contributed by atoms with E-state index >= 15 is 0 Å². The van der Waals surface area contributed by atoms with E-state index in [1.807, 2.05) is 40.1 Å². The molecule has 1 aromatic carbocycles. The van der Waals surface area contributed by atoms with Crippen molar-refractivity contribution >= 4 is 23.6 Å². The predicted molar refractivity (Wildman–Crippen MR) is 147 cm³/mol. The van der Waals surface area contributed by atoms with Crippen LogP contribution in [0.15, 0.2) is 35.5 Å². The summed E-state index contributed by atoms with van der Waals surface area (Å²) in [7, 11) is 0. The Kier molecular flexibility index (Phi) is 11.8. The Bertz CT molecular complexity index is 949. The molecule has 0 spiro atoms. The third kappa shape index (κ3) is 8.08. The highest BCUT2D eigenvalue weighted by atomic mass is 32.2. The Morgan fingerprint density at radius 1 is 0.917 bits per heavy atom. The second kappa shape index (κ2) is 15.0. The molecule has 2 heterocycles. The molecule has 7 nitrogen and oxygen atoms in total. The summed E-state index contributed by atoms with van der Waals surface area (Å²) in [5.41, 5.74) is 1.06. The van der Waals surface area contributed by atoms with Gasteiger partial charge in [-0.05, 0) is 26.7 Å². The molecular weight excluding hydrogens is 470 g/mol. The van der Waals surface area contributed by atoms with Crippen LogP contribution >= 0.6 is 11.8 Å². The van der Waals surface area contributed by atoms with Crippen LogP contribution in [0.3, 0.4) is 0 Å². The lowest BCUT2D eigenvalue weighted by Crippen LogP contribution is -2.55. The van der Waals surface area contributed by atoms with Crippen molar-refractivity contribution in [1.82, 2.24) is 24.6 Å². The average molecular weight is 514 g/mol. The van der Waals surface area contributed by atoms with E-state index in [2.05, 4.69) is 35.5 Å². The molecule has 8 heteroatoms. The Morgan fingerprint density at radius 2 is 1.64 bits per heavy atom. The molecule has 0 radical (unpaired) electrons. The predicted octanol–water partition coefficient (Wildman–Crippen LogP) is 5.65. The number of amides is 2. The van der Waals surface area contributed by atoms with E-state index in [0.717, 1.165) is 48.1 Å². The highest BCUT2D eigenvalue weighted by molar-refractivity contribution is 7.99. The number of nitrogens with zero attached hydrogens (tertiary/aromatic N) is 5. The Balaban J connectivity index is 1.37.